The van der Waals surface area contributed by atoms with E-state index in [9.17, 15) is 0 Å². The molecule has 5 nitrogen and oxygen atoms in total. The first-order chi connectivity index (χ1) is 8.71. The van der Waals surface area contributed by atoms with Crippen molar-refractivity contribution in [1.29, 1.82) is 0 Å². The Morgan fingerprint density at radius 1 is 1.22 bits per heavy atom. The summed E-state index contributed by atoms with van der Waals surface area (Å²) in [6.07, 6.45) is 0.788. The van der Waals surface area contributed by atoms with Crippen LogP contribution in [0.25, 0.3) is 11.3 Å². The molecule has 96 valence electrons. The molecular weight excluding hydrogens is 232 g/mol. The molecule has 2 rings (SSSR count). The van der Waals surface area contributed by atoms with Gasteiger partial charge in [0.05, 0.1) is 19.8 Å². The van der Waals surface area contributed by atoms with Crippen LogP contribution >= 0.6 is 0 Å². The van der Waals surface area contributed by atoms with Crippen molar-refractivity contribution in [3.05, 3.63) is 23.8 Å². The van der Waals surface area contributed by atoms with Crippen molar-refractivity contribution in [1.82, 2.24) is 5.16 Å². The van der Waals surface area contributed by atoms with Gasteiger partial charge < -0.3 is 19.7 Å². The normalized spacial score (nSPS) is 10.4. The Balaban J connectivity index is 2.68. The summed E-state index contributed by atoms with van der Waals surface area (Å²) in [6.45, 7) is 2.04. The van der Waals surface area contributed by atoms with E-state index in [4.69, 9.17) is 19.7 Å². The minimum absolute atomic E-state index is 0.344. The summed E-state index contributed by atoms with van der Waals surface area (Å²) in [6, 6.07) is 5.39. The van der Waals surface area contributed by atoms with Gasteiger partial charge >= 0.3 is 0 Å². The van der Waals surface area contributed by atoms with Crippen molar-refractivity contribution in [2.45, 2.75) is 13.3 Å². The number of nitrogens with two attached hydrogens (primary N) is 1. The quantitative estimate of drug-likeness (QED) is 0.900. The van der Waals surface area contributed by atoms with Crippen LogP contribution in [0.2, 0.25) is 0 Å². The molecule has 0 unspecified atom stereocenters. The lowest BCUT2D eigenvalue weighted by Gasteiger charge is -2.14. The van der Waals surface area contributed by atoms with Gasteiger partial charge in [-0.1, -0.05) is 12.1 Å². The number of hydrogen-bond acceptors (Lipinski definition) is 5. The van der Waals surface area contributed by atoms with E-state index in [0.29, 0.717) is 17.3 Å². The Kier molecular flexibility index (Phi) is 3.41. The Hall–Kier alpha value is -2.17. The van der Waals surface area contributed by atoms with Crippen LogP contribution in [0.1, 0.15) is 12.5 Å². The third-order valence-electron chi connectivity index (χ3n) is 2.80. The molecule has 1 aromatic heterocycles. The first-order valence-electron chi connectivity index (χ1n) is 5.67. The van der Waals surface area contributed by atoms with Crippen LogP contribution in [0.4, 0.5) is 5.82 Å². The van der Waals surface area contributed by atoms with Crippen LogP contribution in [0.5, 0.6) is 11.5 Å². The molecule has 2 N–H and O–H groups in total. The SMILES string of the molecule is CCc1c(OC)ccc(OC)c1-c1cc(N)no1. The minimum Gasteiger partial charge on any atom is -0.496 e. The van der Waals surface area contributed by atoms with Gasteiger partial charge in [-0.05, 0) is 18.6 Å². The molecule has 5 heteroatoms. The lowest BCUT2D eigenvalue weighted by atomic mass is 10.0. The second-order valence-corrected chi connectivity index (χ2v) is 3.79. The van der Waals surface area contributed by atoms with Crippen LogP contribution in [-0.2, 0) is 6.42 Å². The predicted octanol–water partition coefficient (Wildman–Crippen LogP) is 2.50. The van der Waals surface area contributed by atoms with Crippen LogP contribution in [0, 0.1) is 0 Å². The van der Waals surface area contributed by atoms with E-state index in [1.807, 2.05) is 19.1 Å². The summed E-state index contributed by atoms with van der Waals surface area (Å²) in [5.74, 6) is 2.43. The first kappa shape index (κ1) is 12.3. The maximum absolute atomic E-state index is 5.59. The summed E-state index contributed by atoms with van der Waals surface area (Å²) < 4.78 is 15.9. The number of hydrogen-bond donors (Lipinski definition) is 1. The number of nitrogen functional groups attached to an aromatic ring is 1. The summed E-state index contributed by atoms with van der Waals surface area (Å²) in [5, 5.41) is 3.71. The fourth-order valence-electron chi connectivity index (χ4n) is 2.00. The van der Waals surface area contributed by atoms with Crippen LogP contribution in [0.3, 0.4) is 0 Å². The molecule has 1 heterocycles. The van der Waals surface area contributed by atoms with E-state index in [1.54, 1.807) is 20.3 Å². The zero-order valence-corrected chi connectivity index (χ0v) is 10.7. The number of methoxy groups -OCH3 is 2. The number of anilines is 1. The highest BCUT2D eigenvalue weighted by Crippen LogP contribution is 2.39. The highest BCUT2D eigenvalue weighted by Gasteiger charge is 2.18. The molecule has 0 saturated carbocycles. The molecule has 2 aromatic rings. The van der Waals surface area contributed by atoms with E-state index in [2.05, 4.69) is 5.16 Å². The van der Waals surface area contributed by atoms with Gasteiger partial charge in [-0.2, -0.15) is 0 Å². The molecule has 0 aliphatic rings. The van der Waals surface area contributed by atoms with Crippen molar-refractivity contribution in [3.8, 4) is 22.8 Å². The predicted molar refractivity (Wildman–Crippen MR) is 68.8 cm³/mol. The molecule has 0 aliphatic carbocycles. The molecule has 0 atom stereocenters. The van der Waals surface area contributed by atoms with Gasteiger partial charge in [0.15, 0.2) is 11.6 Å². The third kappa shape index (κ3) is 1.99. The molecular formula is C13H16N2O3. The van der Waals surface area contributed by atoms with E-state index in [-0.39, 0.29) is 0 Å². The van der Waals surface area contributed by atoms with E-state index in [1.165, 1.54) is 0 Å². The number of rotatable bonds is 4. The average Bonchev–Trinajstić information content (AvgIpc) is 2.83. The van der Waals surface area contributed by atoms with Gasteiger partial charge in [0.25, 0.3) is 0 Å². The zero-order valence-electron chi connectivity index (χ0n) is 10.7. The van der Waals surface area contributed by atoms with E-state index < -0.39 is 0 Å². The maximum atomic E-state index is 5.59. The maximum Gasteiger partial charge on any atom is 0.173 e. The third-order valence-corrected chi connectivity index (χ3v) is 2.80. The number of aromatic nitrogens is 1. The summed E-state index contributed by atoms with van der Waals surface area (Å²) in [5.41, 5.74) is 7.44. The molecule has 0 saturated heterocycles. The van der Waals surface area contributed by atoms with Crippen molar-refractivity contribution in [2.75, 3.05) is 20.0 Å². The molecule has 0 radical (unpaired) electrons. The van der Waals surface area contributed by atoms with Crippen LogP contribution in [0.15, 0.2) is 22.7 Å². The van der Waals surface area contributed by atoms with Gasteiger partial charge in [-0.3, -0.25) is 0 Å². The molecule has 0 aliphatic heterocycles. The van der Waals surface area contributed by atoms with E-state index >= 15 is 0 Å². The van der Waals surface area contributed by atoms with Gasteiger partial charge in [0, 0.05) is 11.6 Å². The molecule has 18 heavy (non-hydrogen) atoms. The molecule has 0 spiro atoms. The van der Waals surface area contributed by atoms with Crippen molar-refractivity contribution in [2.24, 2.45) is 0 Å². The fraction of sp³-hybridized carbons (Fsp3) is 0.308. The molecule has 1 aromatic carbocycles. The Bertz CT molecular complexity index is 549. The fourth-order valence-corrected chi connectivity index (χ4v) is 2.00. The Labute approximate surface area is 105 Å². The van der Waals surface area contributed by atoms with Gasteiger partial charge in [-0.25, -0.2) is 0 Å². The molecule has 0 amide bonds. The second-order valence-electron chi connectivity index (χ2n) is 3.79. The number of benzene rings is 1. The Morgan fingerprint density at radius 2 is 1.89 bits per heavy atom. The number of ether oxygens (including phenoxy) is 2. The van der Waals surface area contributed by atoms with Crippen molar-refractivity contribution >= 4 is 5.82 Å². The highest BCUT2D eigenvalue weighted by atomic mass is 16.5. The van der Waals surface area contributed by atoms with Gasteiger partial charge in [-0.15, -0.1) is 0 Å². The topological polar surface area (TPSA) is 70.5 Å². The zero-order chi connectivity index (χ0) is 13.1. The lowest BCUT2D eigenvalue weighted by molar-refractivity contribution is 0.394. The van der Waals surface area contributed by atoms with Crippen molar-refractivity contribution in [3.63, 3.8) is 0 Å². The minimum atomic E-state index is 0.344. The second kappa shape index (κ2) is 5.00. The lowest BCUT2D eigenvalue weighted by Crippen LogP contribution is -1.97. The summed E-state index contributed by atoms with van der Waals surface area (Å²) in [7, 11) is 3.25. The largest absolute Gasteiger partial charge is 0.496 e. The number of nitrogens with zero attached hydrogens (tertiary/aromatic N) is 1. The van der Waals surface area contributed by atoms with Gasteiger partial charge in [0.2, 0.25) is 0 Å². The van der Waals surface area contributed by atoms with Crippen LogP contribution < -0.4 is 15.2 Å². The average molecular weight is 248 g/mol. The van der Waals surface area contributed by atoms with E-state index in [0.717, 1.165) is 23.3 Å². The smallest absolute Gasteiger partial charge is 0.173 e. The summed E-state index contributed by atoms with van der Waals surface area (Å²) >= 11 is 0. The monoisotopic (exact) mass is 248 g/mol. The van der Waals surface area contributed by atoms with Crippen LogP contribution in [-0.4, -0.2) is 19.4 Å². The standard InChI is InChI=1S/C13H16N2O3/c1-4-8-9(16-2)5-6-10(17-3)13(8)11-7-12(14)15-18-11/h5-7H,4H2,1-3H3,(H2,14,15). The van der Waals surface area contributed by atoms with Gasteiger partial charge in [0.1, 0.15) is 11.5 Å². The van der Waals surface area contributed by atoms with Crippen molar-refractivity contribution < 1.29 is 14.0 Å². The highest BCUT2D eigenvalue weighted by molar-refractivity contribution is 5.74. The Morgan fingerprint density at radius 3 is 2.39 bits per heavy atom. The first-order valence-corrected chi connectivity index (χ1v) is 5.67. The molecule has 0 fully saturated rings. The summed E-state index contributed by atoms with van der Waals surface area (Å²) in [4.78, 5) is 0. The molecule has 0 bridgehead atoms.